The van der Waals surface area contributed by atoms with E-state index < -0.39 is 0 Å². The van der Waals surface area contributed by atoms with E-state index in [1.54, 1.807) is 11.3 Å². The Bertz CT molecular complexity index is 799. The molecule has 1 aromatic carbocycles. The molecule has 132 valence electrons. The molecule has 4 nitrogen and oxygen atoms in total. The number of thiophene rings is 1. The zero-order chi connectivity index (χ0) is 17.8. The Morgan fingerprint density at radius 3 is 2.80 bits per heavy atom. The standard InChI is InChI=1S/C19H22N2O2S2/c1-3-12-8-5-6-10-14(12)20-19(24)21-17-16(18(22)23-4-2)13-9-7-11-15(13)25-17/h5-6,8,10H,3-4,7,9,11H2,1-2H3,(H2,20,21,24). The minimum absolute atomic E-state index is 0.263. The summed E-state index contributed by atoms with van der Waals surface area (Å²) in [5.74, 6) is -0.263. The Labute approximate surface area is 157 Å². The Hall–Kier alpha value is -1.92. The highest BCUT2D eigenvalue weighted by molar-refractivity contribution is 7.80. The molecule has 1 aliphatic carbocycles. The van der Waals surface area contributed by atoms with Crippen LogP contribution < -0.4 is 10.6 Å². The van der Waals surface area contributed by atoms with Crippen LogP contribution in [0, 0.1) is 0 Å². The average molecular weight is 375 g/mol. The molecular formula is C19H22N2O2S2. The van der Waals surface area contributed by atoms with Crippen LogP contribution in [0.1, 0.15) is 46.6 Å². The van der Waals surface area contributed by atoms with Crippen LogP contribution in [-0.4, -0.2) is 17.7 Å². The molecule has 0 saturated carbocycles. The van der Waals surface area contributed by atoms with Gasteiger partial charge in [-0.15, -0.1) is 11.3 Å². The number of aryl methyl sites for hydroxylation is 2. The number of nitrogens with one attached hydrogen (secondary N) is 2. The second kappa shape index (κ2) is 7.97. The van der Waals surface area contributed by atoms with E-state index in [4.69, 9.17) is 17.0 Å². The van der Waals surface area contributed by atoms with Gasteiger partial charge in [0.2, 0.25) is 0 Å². The third-order valence-corrected chi connectivity index (χ3v) is 5.69. The highest BCUT2D eigenvalue weighted by Crippen LogP contribution is 2.39. The first-order valence-electron chi connectivity index (χ1n) is 8.61. The van der Waals surface area contributed by atoms with Gasteiger partial charge in [-0.1, -0.05) is 25.1 Å². The van der Waals surface area contributed by atoms with Crippen molar-refractivity contribution in [2.24, 2.45) is 0 Å². The van der Waals surface area contributed by atoms with E-state index in [1.165, 1.54) is 10.4 Å². The normalized spacial score (nSPS) is 12.6. The molecule has 1 aromatic heterocycles. The number of carbonyl (C=O) groups is 1. The van der Waals surface area contributed by atoms with Gasteiger partial charge in [0.1, 0.15) is 5.00 Å². The van der Waals surface area contributed by atoms with Gasteiger partial charge in [-0.25, -0.2) is 4.79 Å². The number of ether oxygens (including phenoxy) is 1. The van der Waals surface area contributed by atoms with Gasteiger partial charge in [-0.3, -0.25) is 0 Å². The van der Waals surface area contributed by atoms with Gasteiger partial charge in [0.15, 0.2) is 5.11 Å². The fourth-order valence-corrected chi connectivity index (χ4v) is 4.68. The van der Waals surface area contributed by atoms with E-state index in [0.717, 1.165) is 41.9 Å². The Balaban J connectivity index is 1.80. The van der Waals surface area contributed by atoms with Crippen LogP contribution >= 0.6 is 23.6 Å². The molecule has 2 N–H and O–H groups in total. The van der Waals surface area contributed by atoms with E-state index in [9.17, 15) is 4.79 Å². The average Bonchev–Trinajstić information content (AvgIpc) is 3.15. The quantitative estimate of drug-likeness (QED) is 0.582. The molecule has 0 fully saturated rings. The summed E-state index contributed by atoms with van der Waals surface area (Å²) >= 11 is 7.09. The van der Waals surface area contributed by atoms with Crippen LogP contribution in [0.4, 0.5) is 10.7 Å². The number of fused-ring (bicyclic) bond motifs is 1. The maximum absolute atomic E-state index is 12.4. The van der Waals surface area contributed by atoms with Gasteiger partial charge < -0.3 is 15.4 Å². The number of para-hydroxylation sites is 1. The molecule has 0 spiro atoms. The van der Waals surface area contributed by atoms with Crippen molar-refractivity contribution < 1.29 is 9.53 Å². The van der Waals surface area contributed by atoms with E-state index in [1.807, 2.05) is 25.1 Å². The highest BCUT2D eigenvalue weighted by Gasteiger charge is 2.27. The summed E-state index contributed by atoms with van der Waals surface area (Å²) in [6, 6.07) is 8.08. The summed E-state index contributed by atoms with van der Waals surface area (Å²) in [5, 5.41) is 7.74. The lowest BCUT2D eigenvalue weighted by Crippen LogP contribution is -2.21. The summed E-state index contributed by atoms with van der Waals surface area (Å²) < 4.78 is 5.25. The number of esters is 1. The number of rotatable bonds is 5. The first-order chi connectivity index (χ1) is 12.1. The number of benzene rings is 1. The minimum atomic E-state index is -0.263. The molecular weight excluding hydrogens is 352 g/mol. The van der Waals surface area contributed by atoms with Crippen molar-refractivity contribution in [3.8, 4) is 0 Å². The van der Waals surface area contributed by atoms with Crippen molar-refractivity contribution in [3.05, 3.63) is 45.8 Å². The van der Waals surface area contributed by atoms with Crippen LogP contribution in [0.5, 0.6) is 0 Å². The van der Waals surface area contributed by atoms with Gasteiger partial charge in [-0.05, 0) is 62.0 Å². The first kappa shape index (κ1) is 17.9. The predicted molar refractivity (Wildman–Crippen MR) is 108 cm³/mol. The monoisotopic (exact) mass is 374 g/mol. The number of anilines is 2. The van der Waals surface area contributed by atoms with Gasteiger partial charge in [0.25, 0.3) is 0 Å². The Kier molecular flexibility index (Phi) is 5.71. The Morgan fingerprint density at radius 2 is 2.04 bits per heavy atom. The van der Waals surface area contributed by atoms with Crippen LogP contribution in [0.2, 0.25) is 0 Å². The molecule has 0 aliphatic heterocycles. The highest BCUT2D eigenvalue weighted by atomic mass is 32.1. The maximum Gasteiger partial charge on any atom is 0.341 e. The van der Waals surface area contributed by atoms with E-state index >= 15 is 0 Å². The van der Waals surface area contributed by atoms with Gasteiger partial charge >= 0.3 is 5.97 Å². The van der Waals surface area contributed by atoms with Crippen molar-refractivity contribution in [1.29, 1.82) is 0 Å². The van der Waals surface area contributed by atoms with E-state index in [2.05, 4.69) is 23.6 Å². The fraction of sp³-hybridized carbons (Fsp3) is 0.368. The van der Waals surface area contributed by atoms with Crippen LogP contribution in [0.25, 0.3) is 0 Å². The van der Waals surface area contributed by atoms with Gasteiger partial charge in [0.05, 0.1) is 12.2 Å². The van der Waals surface area contributed by atoms with E-state index in [-0.39, 0.29) is 5.97 Å². The smallest absolute Gasteiger partial charge is 0.341 e. The molecule has 3 rings (SSSR count). The number of thiocarbonyl (C=S) groups is 1. The fourth-order valence-electron chi connectivity index (χ4n) is 3.12. The topological polar surface area (TPSA) is 50.4 Å². The maximum atomic E-state index is 12.4. The molecule has 0 saturated heterocycles. The lowest BCUT2D eigenvalue weighted by Gasteiger charge is -2.13. The molecule has 25 heavy (non-hydrogen) atoms. The Morgan fingerprint density at radius 1 is 1.24 bits per heavy atom. The SMILES string of the molecule is CCOC(=O)c1c(NC(=S)Nc2ccccc2CC)sc2c1CCC2. The summed E-state index contributed by atoms with van der Waals surface area (Å²) in [4.78, 5) is 13.7. The molecule has 2 aromatic rings. The molecule has 0 unspecified atom stereocenters. The lowest BCUT2D eigenvalue weighted by atomic mass is 10.1. The van der Waals surface area contributed by atoms with Crippen molar-refractivity contribution in [2.45, 2.75) is 39.5 Å². The third kappa shape index (κ3) is 3.85. The zero-order valence-corrected chi connectivity index (χ0v) is 16.1. The van der Waals surface area contributed by atoms with Crippen molar-refractivity contribution in [1.82, 2.24) is 0 Å². The number of hydrogen-bond acceptors (Lipinski definition) is 4. The van der Waals surface area contributed by atoms with Crippen molar-refractivity contribution in [3.63, 3.8) is 0 Å². The van der Waals surface area contributed by atoms with Crippen molar-refractivity contribution in [2.75, 3.05) is 17.2 Å². The third-order valence-electron chi connectivity index (χ3n) is 4.27. The summed E-state index contributed by atoms with van der Waals surface area (Å²) in [5.41, 5.74) is 3.98. The van der Waals surface area contributed by atoms with Crippen molar-refractivity contribution >= 4 is 45.3 Å². The van der Waals surface area contributed by atoms with E-state index in [0.29, 0.717) is 17.3 Å². The number of hydrogen-bond donors (Lipinski definition) is 2. The van der Waals surface area contributed by atoms with Gasteiger partial charge in [-0.2, -0.15) is 0 Å². The molecule has 0 amide bonds. The second-order valence-electron chi connectivity index (χ2n) is 5.87. The minimum Gasteiger partial charge on any atom is -0.462 e. The molecule has 1 heterocycles. The summed E-state index contributed by atoms with van der Waals surface area (Å²) in [6.07, 6.45) is 3.97. The predicted octanol–water partition coefficient (Wildman–Crippen LogP) is 4.78. The molecule has 0 atom stereocenters. The van der Waals surface area contributed by atoms with Crippen LogP contribution in [0.3, 0.4) is 0 Å². The van der Waals surface area contributed by atoms with Crippen LogP contribution in [0.15, 0.2) is 24.3 Å². The van der Waals surface area contributed by atoms with Gasteiger partial charge in [0, 0.05) is 10.6 Å². The summed E-state index contributed by atoms with van der Waals surface area (Å²) in [7, 11) is 0. The lowest BCUT2D eigenvalue weighted by molar-refractivity contribution is 0.0527. The van der Waals surface area contributed by atoms with Crippen LogP contribution in [-0.2, 0) is 24.0 Å². The second-order valence-corrected chi connectivity index (χ2v) is 7.39. The molecule has 6 heteroatoms. The molecule has 0 radical (unpaired) electrons. The summed E-state index contributed by atoms with van der Waals surface area (Å²) in [6.45, 7) is 4.31. The molecule has 0 bridgehead atoms. The first-order valence-corrected chi connectivity index (χ1v) is 9.84. The molecule has 1 aliphatic rings. The zero-order valence-electron chi connectivity index (χ0n) is 14.5. The largest absolute Gasteiger partial charge is 0.462 e. The number of carbonyl (C=O) groups excluding carboxylic acids is 1.